The molecule has 0 aliphatic carbocycles. The standard InChI is InChI=1S/C23H27Cl2NO/c1-23(2,18-12-7-13-19(24)21(18)25)15-20(27)17-11-8-14-26(3)22(17)16-9-5-4-6-10-16/h4-7,9-10,12-13,17,22H,8,11,14-15H2,1-3H3. The average Bonchev–Trinajstić information content (AvgIpc) is 2.64. The molecule has 0 aromatic heterocycles. The number of nitrogens with zero attached hydrogens (tertiary/aromatic N) is 1. The predicted molar refractivity (Wildman–Crippen MR) is 114 cm³/mol. The molecule has 1 saturated heterocycles. The monoisotopic (exact) mass is 403 g/mol. The molecule has 1 aliphatic rings. The summed E-state index contributed by atoms with van der Waals surface area (Å²) in [6.07, 6.45) is 2.44. The lowest BCUT2D eigenvalue weighted by Gasteiger charge is -2.40. The van der Waals surface area contributed by atoms with Crippen molar-refractivity contribution in [3.05, 3.63) is 69.7 Å². The van der Waals surface area contributed by atoms with E-state index in [4.69, 9.17) is 23.2 Å². The number of carbonyl (C=O) groups excluding carboxylic acids is 1. The largest absolute Gasteiger partial charge is 0.299 e. The lowest BCUT2D eigenvalue weighted by molar-refractivity contribution is -0.127. The molecule has 0 saturated carbocycles. The summed E-state index contributed by atoms with van der Waals surface area (Å²) in [5, 5.41) is 1.09. The Labute approximate surface area is 172 Å². The number of hydrogen-bond acceptors (Lipinski definition) is 2. The van der Waals surface area contributed by atoms with Crippen molar-refractivity contribution >= 4 is 29.0 Å². The van der Waals surface area contributed by atoms with Crippen molar-refractivity contribution in [3.8, 4) is 0 Å². The van der Waals surface area contributed by atoms with E-state index in [9.17, 15) is 4.79 Å². The van der Waals surface area contributed by atoms with Crippen molar-refractivity contribution in [2.45, 2.75) is 44.6 Å². The number of rotatable bonds is 5. The van der Waals surface area contributed by atoms with Crippen LogP contribution in [-0.4, -0.2) is 24.3 Å². The molecule has 1 aliphatic heterocycles. The number of benzene rings is 2. The topological polar surface area (TPSA) is 20.3 Å². The van der Waals surface area contributed by atoms with Gasteiger partial charge in [0.1, 0.15) is 5.78 Å². The SMILES string of the molecule is CN1CCCC(C(=O)CC(C)(C)c2cccc(Cl)c2Cl)C1c1ccccc1. The van der Waals surface area contributed by atoms with Crippen molar-refractivity contribution in [2.24, 2.45) is 5.92 Å². The first-order chi connectivity index (χ1) is 12.8. The van der Waals surface area contributed by atoms with E-state index in [1.54, 1.807) is 6.07 Å². The summed E-state index contributed by atoms with van der Waals surface area (Å²) < 4.78 is 0. The van der Waals surface area contributed by atoms with Gasteiger partial charge in [-0.15, -0.1) is 0 Å². The molecule has 0 bridgehead atoms. The van der Waals surface area contributed by atoms with E-state index in [1.165, 1.54) is 5.56 Å². The second-order valence-electron chi connectivity index (χ2n) is 8.21. The van der Waals surface area contributed by atoms with Gasteiger partial charge in [0, 0.05) is 18.4 Å². The Kier molecular flexibility index (Phi) is 6.30. The quantitative estimate of drug-likeness (QED) is 0.582. The lowest BCUT2D eigenvalue weighted by atomic mass is 9.74. The van der Waals surface area contributed by atoms with E-state index in [-0.39, 0.29) is 17.4 Å². The number of carbonyl (C=O) groups is 1. The zero-order chi connectivity index (χ0) is 19.6. The van der Waals surface area contributed by atoms with Crippen LogP contribution in [0.1, 0.15) is 50.3 Å². The van der Waals surface area contributed by atoms with Crippen LogP contribution < -0.4 is 0 Å². The maximum absolute atomic E-state index is 13.4. The van der Waals surface area contributed by atoms with Crippen LogP contribution in [0.2, 0.25) is 10.0 Å². The Morgan fingerprint density at radius 1 is 1.11 bits per heavy atom. The minimum absolute atomic E-state index is 0.00313. The molecule has 0 amide bonds. The molecular weight excluding hydrogens is 377 g/mol. The van der Waals surface area contributed by atoms with Crippen LogP contribution in [0.25, 0.3) is 0 Å². The Hall–Kier alpha value is -1.35. The number of likely N-dealkylation sites (tertiary alicyclic amines) is 1. The lowest BCUT2D eigenvalue weighted by Crippen LogP contribution is -2.41. The Morgan fingerprint density at radius 2 is 1.81 bits per heavy atom. The van der Waals surface area contributed by atoms with E-state index >= 15 is 0 Å². The highest BCUT2D eigenvalue weighted by Crippen LogP contribution is 2.41. The normalized spacial score (nSPS) is 21.2. The third-order valence-electron chi connectivity index (χ3n) is 5.73. The van der Waals surface area contributed by atoms with E-state index in [0.717, 1.165) is 24.9 Å². The fraction of sp³-hybridized carbons (Fsp3) is 0.435. The minimum atomic E-state index is -0.365. The molecule has 144 valence electrons. The van der Waals surface area contributed by atoms with Gasteiger partial charge < -0.3 is 0 Å². The highest BCUT2D eigenvalue weighted by atomic mass is 35.5. The molecule has 2 nitrogen and oxygen atoms in total. The molecule has 3 rings (SSSR count). The summed E-state index contributed by atoms with van der Waals surface area (Å²) in [5.74, 6) is 0.305. The Morgan fingerprint density at radius 3 is 2.52 bits per heavy atom. The Balaban J connectivity index is 1.86. The third kappa shape index (κ3) is 4.39. The van der Waals surface area contributed by atoms with E-state index in [1.807, 2.05) is 18.2 Å². The highest BCUT2D eigenvalue weighted by Gasteiger charge is 2.38. The van der Waals surface area contributed by atoms with E-state index in [0.29, 0.717) is 22.2 Å². The van der Waals surface area contributed by atoms with Crippen LogP contribution in [-0.2, 0) is 10.2 Å². The first-order valence-corrected chi connectivity index (χ1v) is 10.3. The van der Waals surface area contributed by atoms with Gasteiger partial charge in [0.25, 0.3) is 0 Å². The molecular formula is C23H27Cl2NO. The number of piperidine rings is 1. The van der Waals surface area contributed by atoms with Crippen molar-refractivity contribution in [1.82, 2.24) is 4.90 Å². The minimum Gasteiger partial charge on any atom is -0.299 e. The molecule has 2 unspecified atom stereocenters. The summed E-state index contributed by atoms with van der Waals surface area (Å²) in [4.78, 5) is 15.7. The summed E-state index contributed by atoms with van der Waals surface area (Å²) in [5.41, 5.74) is 1.79. The third-order valence-corrected chi connectivity index (χ3v) is 6.55. The molecule has 2 atom stereocenters. The first kappa shape index (κ1) is 20.4. The van der Waals surface area contributed by atoms with Gasteiger partial charge in [-0.2, -0.15) is 0 Å². The predicted octanol–water partition coefficient (Wildman–Crippen LogP) is 6.31. The van der Waals surface area contributed by atoms with Crippen LogP contribution in [0.3, 0.4) is 0 Å². The molecule has 1 heterocycles. The number of ketones is 1. The Bertz CT molecular complexity index is 803. The van der Waals surface area contributed by atoms with Gasteiger partial charge in [0.05, 0.1) is 10.0 Å². The zero-order valence-corrected chi connectivity index (χ0v) is 17.7. The molecule has 2 aromatic rings. The molecule has 27 heavy (non-hydrogen) atoms. The van der Waals surface area contributed by atoms with Crippen molar-refractivity contribution in [1.29, 1.82) is 0 Å². The highest BCUT2D eigenvalue weighted by molar-refractivity contribution is 6.42. The van der Waals surface area contributed by atoms with Gasteiger partial charge in [-0.1, -0.05) is 79.5 Å². The summed E-state index contributed by atoms with van der Waals surface area (Å²) in [6.45, 7) is 5.17. The van der Waals surface area contributed by atoms with Crippen molar-refractivity contribution in [3.63, 3.8) is 0 Å². The maximum atomic E-state index is 13.4. The van der Waals surface area contributed by atoms with Crippen molar-refractivity contribution in [2.75, 3.05) is 13.6 Å². The zero-order valence-electron chi connectivity index (χ0n) is 16.2. The van der Waals surface area contributed by atoms with Crippen molar-refractivity contribution < 1.29 is 4.79 Å². The van der Waals surface area contributed by atoms with Crippen LogP contribution in [0, 0.1) is 5.92 Å². The number of Topliss-reactive ketones (excluding diaryl/α,β-unsaturated/α-hetero) is 1. The van der Waals surface area contributed by atoms with Gasteiger partial charge in [0.15, 0.2) is 0 Å². The fourth-order valence-corrected chi connectivity index (χ4v) is 4.88. The average molecular weight is 404 g/mol. The number of hydrogen-bond donors (Lipinski definition) is 0. The smallest absolute Gasteiger partial charge is 0.138 e. The van der Waals surface area contributed by atoms with E-state index in [2.05, 4.69) is 50.1 Å². The second kappa shape index (κ2) is 8.34. The number of halogens is 2. The van der Waals surface area contributed by atoms with Gasteiger partial charge in [-0.3, -0.25) is 9.69 Å². The molecule has 0 spiro atoms. The van der Waals surface area contributed by atoms with Crippen LogP contribution in [0.5, 0.6) is 0 Å². The summed E-state index contributed by atoms with van der Waals surface area (Å²) in [7, 11) is 2.12. The molecule has 1 fully saturated rings. The van der Waals surface area contributed by atoms with E-state index < -0.39 is 0 Å². The first-order valence-electron chi connectivity index (χ1n) is 9.53. The molecule has 0 N–H and O–H groups in total. The summed E-state index contributed by atoms with van der Waals surface area (Å²) in [6, 6.07) is 16.2. The fourth-order valence-electron chi connectivity index (χ4n) is 4.33. The maximum Gasteiger partial charge on any atom is 0.138 e. The van der Waals surface area contributed by atoms with Crippen LogP contribution in [0.4, 0.5) is 0 Å². The van der Waals surface area contributed by atoms with Gasteiger partial charge in [-0.05, 0) is 49.0 Å². The van der Waals surface area contributed by atoms with Crippen LogP contribution in [0.15, 0.2) is 48.5 Å². The van der Waals surface area contributed by atoms with Crippen LogP contribution >= 0.6 is 23.2 Å². The molecule has 0 radical (unpaired) electrons. The summed E-state index contributed by atoms with van der Waals surface area (Å²) >= 11 is 12.6. The molecule has 4 heteroatoms. The van der Waals surface area contributed by atoms with Gasteiger partial charge in [-0.25, -0.2) is 0 Å². The molecule has 2 aromatic carbocycles. The second-order valence-corrected chi connectivity index (χ2v) is 9.00. The van der Waals surface area contributed by atoms with Gasteiger partial charge >= 0.3 is 0 Å². The van der Waals surface area contributed by atoms with Gasteiger partial charge in [0.2, 0.25) is 0 Å².